The van der Waals surface area contributed by atoms with Crippen molar-refractivity contribution in [3.05, 3.63) is 40.8 Å². The van der Waals surface area contributed by atoms with E-state index in [0.717, 1.165) is 37.2 Å². The number of allylic oxidation sites excluding steroid dienone is 2. The first-order chi connectivity index (χ1) is 8.69. The molecule has 0 spiro atoms. The van der Waals surface area contributed by atoms with Crippen molar-refractivity contribution in [2.45, 2.75) is 32.7 Å². The van der Waals surface area contributed by atoms with Gasteiger partial charge in [0.25, 0.3) is 0 Å². The topological polar surface area (TPSA) is 33.2 Å². The van der Waals surface area contributed by atoms with Gasteiger partial charge in [-0.25, -0.2) is 4.98 Å². The van der Waals surface area contributed by atoms with Gasteiger partial charge in [0.2, 0.25) is 0 Å². The molecule has 0 aliphatic heterocycles. The molecule has 1 aromatic heterocycles. The van der Waals surface area contributed by atoms with E-state index in [1.165, 1.54) is 0 Å². The van der Waals surface area contributed by atoms with E-state index < -0.39 is 0 Å². The van der Waals surface area contributed by atoms with Crippen LogP contribution in [0, 0.1) is 0 Å². The van der Waals surface area contributed by atoms with Gasteiger partial charge in [0.1, 0.15) is 5.15 Å². The second-order valence-corrected chi connectivity index (χ2v) is 4.85. The maximum absolute atomic E-state index is 11.5. The molecule has 1 aliphatic rings. The largest absolute Gasteiger partial charge is 0.371 e. The van der Waals surface area contributed by atoms with Crippen molar-refractivity contribution in [3.63, 3.8) is 0 Å². The molecule has 1 heterocycles. The summed E-state index contributed by atoms with van der Waals surface area (Å²) in [5.74, 6) is 0.240. The standard InChI is InChI=1S/C14H17ClN2O/c1-2-17(12-4-3-5-13(18)8-12)10-11-6-7-14(15)16-9-11/h6-9H,2-5,10H2,1H3. The normalized spacial score (nSPS) is 15.4. The number of nitrogens with zero attached hydrogens (tertiary/aromatic N) is 2. The molecular weight excluding hydrogens is 248 g/mol. The Morgan fingerprint density at radius 3 is 2.83 bits per heavy atom. The Balaban J connectivity index is 2.09. The van der Waals surface area contributed by atoms with Crippen molar-refractivity contribution >= 4 is 17.4 Å². The molecule has 0 amide bonds. The van der Waals surface area contributed by atoms with Crippen LogP contribution in [0.3, 0.4) is 0 Å². The van der Waals surface area contributed by atoms with Gasteiger partial charge >= 0.3 is 0 Å². The van der Waals surface area contributed by atoms with Crippen LogP contribution in [0.1, 0.15) is 31.7 Å². The molecule has 0 unspecified atom stereocenters. The molecule has 0 atom stereocenters. The average Bonchev–Trinajstić information content (AvgIpc) is 2.38. The molecule has 0 N–H and O–H groups in total. The zero-order chi connectivity index (χ0) is 13.0. The fraction of sp³-hybridized carbons (Fsp3) is 0.429. The summed E-state index contributed by atoms with van der Waals surface area (Å²) in [5.41, 5.74) is 2.25. The summed E-state index contributed by atoms with van der Waals surface area (Å²) >= 11 is 5.77. The third-order valence-corrected chi connectivity index (χ3v) is 3.36. The fourth-order valence-electron chi connectivity index (χ4n) is 2.16. The number of pyridine rings is 1. The van der Waals surface area contributed by atoms with Crippen molar-refractivity contribution in [1.29, 1.82) is 0 Å². The van der Waals surface area contributed by atoms with Gasteiger partial charge < -0.3 is 4.90 Å². The van der Waals surface area contributed by atoms with Crippen LogP contribution in [-0.2, 0) is 11.3 Å². The average molecular weight is 265 g/mol. The Bertz CT molecular complexity index is 453. The number of carbonyl (C=O) groups excluding carboxylic acids is 1. The molecule has 0 radical (unpaired) electrons. The van der Waals surface area contributed by atoms with Crippen LogP contribution in [0.2, 0.25) is 5.15 Å². The van der Waals surface area contributed by atoms with Crippen molar-refractivity contribution in [3.8, 4) is 0 Å². The summed E-state index contributed by atoms with van der Waals surface area (Å²) in [6.45, 7) is 3.77. The zero-order valence-corrected chi connectivity index (χ0v) is 11.3. The fourth-order valence-corrected chi connectivity index (χ4v) is 2.27. The molecule has 18 heavy (non-hydrogen) atoms. The van der Waals surface area contributed by atoms with Crippen LogP contribution < -0.4 is 0 Å². The van der Waals surface area contributed by atoms with E-state index in [4.69, 9.17) is 11.6 Å². The van der Waals surface area contributed by atoms with Gasteiger partial charge in [0, 0.05) is 37.5 Å². The van der Waals surface area contributed by atoms with E-state index in [9.17, 15) is 4.79 Å². The second-order valence-electron chi connectivity index (χ2n) is 4.46. The molecule has 4 heteroatoms. The van der Waals surface area contributed by atoms with Crippen molar-refractivity contribution in [2.75, 3.05) is 6.54 Å². The first kappa shape index (κ1) is 13.1. The quantitative estimate of drug-likeness (QED) is 0.783. The summed E-state index contributed by atoms with van der Waals surface area (Å²) in [5, 5.41) is 0.508. The monoisotopic (exact) mass is 264 g/mol. The van der Waals surface area contributed by atoms with Crippen molar-refractivity contribution < 1.29 is 4.79 Å². The zero-order valence-electron chi connectivity index (χ0n) is 10.5. The highest BCUT2D eigenvalue weighted by Gasteiger charge is 2.15. The molecule has 1 aromatic rings. The van der Waals surface area contributed by atoms with Gasteiger partial charge in [0.05, 0.1) is 0 Å². The first-order valence-corrected chi connectivity index (χ1v) is 6.65. The molecule has 2 rings (SSSR count). The number of aromatic nitrogens is 1. The molecule has 1 aliphatic carbocycles. The van der Waals surface area contributed by atoms with Gasteiger partial charge in [-0.15, -0.1) is 0 Å². The van der Waals surface area contributed by atoms with Crippen LogP contribution in [0.15, 0.2) is 30.1 Å². The summed E-state index contributed by atoms with van der Waals surface area (Å²) < 4.78 is 0. The van der Waals surface area contributed by atoms with Crippen LogP contribution in [-0.4, -0.2) is 22.2 Å². The molecule has 96 valence electrons. The molecule has 0 saturated heterocycles. The number of halogens is 1. The third kappa shape index (κ3) is 3.33. The second kappa shape index (κ2) is 6.01. The van der Waals surface area contributed by atoms with Crippen molar-refractivity contribution in [2.24, 2.45) is 0 Å². The number of rotatable bonds is 4. The molecular formula is C14H17ClN2O. The van der Waals surface area contributed by atoms with Crippen LogP contribution >= 0.6 is 11.6 Å². The van der Waals surface area contributed by atoms with Crippen LogP contribution in [0.4, 0.5) is 0 Å². The minimum atomic E-state index is 0.240. The predicted molar refractivity (Wildman–Crippen MR) is 72.3 cm³/mol. The number of ketones is 1. The lowest BCUT2D eigenvalue weighted by atomic mass is 10.0. The Kier molecular flexibility index (Phi) is 4.37. The van der Waals surface area contributed by atoms with Crippen LogP contribution in [0.5, 0.6) is 0 Å². The molecule has 0 aromatic carbocycles. The smallest absolute Gasteiger partial charge is 0.157 e. The number of carbonyl (C=O) groups is 1. The highest BCUT2D eigenvalue weighted by Crippen LogP contribution is 2.21. The highest BCUT2D eigenvalue weighted by molar-refractivity contribution is 6.29. The summed E-state index contributed by atoms with van der Waals surface area (Å²) in [6, 6.07) is 3.77. The molecule has 0 saturated carbocycles. The lowest BCUT2D eigenvalue weighted by Gasteiger charge is -2.27. The van der Waals surface area contributed by atoms with E-state index in [1.807, 2.05) is 6.07 Å². The van der Waals surface area contributed by atoms with Gasteiger partial charge in [-0.2, -0.15) is 0 Å². The van der Waals surface area contributed by atoms with E-state index in [1.54, 1.807) is 18.3 Å². The van der Waals surface area contributed by atoms with E-state index in [0.29, 0.717) is 11.6 Å². The van der Waals surface area contributed by atoms with Gasteiger partial charge in [0.15, 0.2) is 5.78 Å². The van der Waals surface area contributed by atoms with E-state index in [-0.39, 0.29) is 5.78 Å². The SMILES string of the molecule is CCN(Cc1ccc(Cl)nc1)C1=CC(=O)CCC1. The summed E-state index contributed by atoms with van der Waals surface area (Å²) in [4.78, 5) is 17.8. The minimum absolute atomic E-state index is 0.240. The number of hydrogen-bond acceptors (Lipinski definition) is 3. The lowest BCUT2D eigenvalue weighted by Crippen LogP contribution is -2.24. The maximum atomic E-state index is 11.5. The van der Waals surface area contributed by atoms with Gasteiger partial charge in [-0.05, 0) is 31.4 Å². The predicted octanol–water partition coefficient (Wildman–Crippen LogP) is 3.19. The Labute approximate surface area is 112 Å². The third-order valence-electron chi connectivity index (χ3n) is 3.13. The molecule has 0 fully saturated rings. The highest BCUT2D eigenvalue weighted by atomic mass is 35.5. The Morgan fingerprint density at radius 2 is 2.22 bits per heavy atom. The summed E-state index contributed by atoms with van der Waals surface area (Å²) in [6.07, 6.45) is 6.21. The Morgan fingerprint density at radius 1 is 1.39 bits per heavy atom. The molecule has 0 bridgehead atoms. The van der Waals surface area contributed by atoms with E-state index >= 15 is 0 Å². The first-order valence-electron chi connectivity index (χ1n) is 6.28. The summed E-state index contributed by atoms with van der Waals surface area (Å²) in [7, 11) is 0. The van der Waals surface area contributed by atoms with E-state index in [2.05, 4.69) is 16.8 Å². The number of hydrogen-bond donors (Lipinski definition) is 0. The minimum Gasteiger partial charge on any atom is -0.371 e. The Hall–Kier alpha value is -1.35. The van der Waals surface area contributed by atoms with Crippen LogP contribution in [0.25, 0.3) is 0 Å². The maximum Gasteiger partial charge on any atom is 0.157 e. The van der Waals surface area contributed by atoms with Gasteiger partial charge in [-0.3, -0.25) is 4.79 Å². The molecule has 3 nitrogen and oxygen atoms in total. The lowest BCUT2D eigenvalue weighted by molar-refractivity contribution is -0.115. The van der Waals surface area contributed by atoms with Gasteiger partial charge in [-0.1, -0.05) is 17.7 Å². The van der Waals surface area contributed by atoms with Crippen molar-refractivity contribution in [1.82, 2.24) is 9.88 Å².